The van der Waals surface area contributed by atoms with E-state index in [2.05, 4.69) is 10.6 Å². The number of methoxy groups -OCH3 is 1. The van der Waals surface area contributed by atoms with E-state index < -0.39 is 23.1 Å². The summed E-state index contributed by atoms with van der Waals surface area (Å²) in [6, 6.07) is 7.08. The Morgan fingerprint density at radius 1 is 1.27 bits per heavy atom. The minimum absolute atomic E-state index is 0.347. The Bertz CT molecular complexity index is 794. The second kappa shape index (κ2) is 6.82. The van der Waals surface area contributed by atoms with Crippen LogP contribution in [0.5, 0.6) is 5.75 Å². The number of benzene rings is 1. The van der Waals surface area contributed by atoms with Crippen molar-refractivity contribution in [3.63, 3.8) is 0 Å². The van der Waals surface area contributed by atoms with Crippen LogP contribution >= 0.6 is 0 Å². The molecule has 26 heavy (non-hydrogen) atoms. The summed E-state index contributed by atoms with van der Waals surface area (Å²) in [6.45, 7) is 1.69. The van der Waals surface area contributed by atoms with Crippen LogP contribution < -0.4 is 21.1 Å². The van der Waals surface area contributed by atoms with Crippen molar-refractivity contribution in [1.82, 2.24) is 5.32 Å². The van der Waals surface area contributed by atoms with Gasteiger partial charge in [-0.2, -0.15) is 0 Å². The zero-order chi connectivity index (χ0) is 18.9. The van der Waals surface area contributed by atoms with Gasteiger partial charge in [0.25, 0.3) is 5.91 Å². The molecule has 0 aromatic heterocycles. The van der Waals surface area contributed by atoms with Crippen molar-refractivity contribution in [3.05, 3.63) is 35.5 Å². The van der Waals surface area contributed by atoms with Gasteiger partial charge in [0.1, 0.15) is 11.7 Å². The van der Waals surface area contributed by atoms with E-state index in [0.717, 1.165) is 12.8 Å². The Morgan fingerprint density at radius 3 is 2.54 bits per heavy atom. The second-order valence-corrected chi connectivity index (χ2v) is 6.84. The molecule has 1 aromatic rings. The van der Waals surface area contributed by atoms with Crippen LogP contribution in [0.2, 0.25) is 0 Å². The normalized spacial score (nSPS) is 21.5. The standard InChI is InChI=1S/C19H23N3O4/c1-11-14(17(24)22-12-7-3-4-8-13(12)26-2)19(9-5-6-10-19)15(16(20)23)18(25)21-11/h3-4,7-8,15H,5-6,9-10H2,1-2H3,(H2,20,23)(H,21,25)(H,22,24). The number of carbonyl (C=O) groups is 3. The summed E-state index contributed by atoms with van der Waals surface area (Å²) in [7, 11) is 1.53. The van der Waals surface area contributed by atoms with Crippen LogP contribution in [0.25, 0.3) is 0 Å². The number of nitrogens with one attached hydrogen (secondary N) is 2. The molecule has 3 amide bonds. The number of anilines is 1. The van der Waals surface area contributed by atoms with Crippen LogP contribution in [0.3, 0.4) is 0 Å². The smallest absolute Gasteiger partial charge is 0.254 e. The van der Waals surface area contributed by atoms with Crippen molar-refractivity contribution in [3.8, 4) is 5.75 Å². The quantitative estimate of drug-likeness (QED) is 0.712. The summed E-state index contributed by atoms with van der Waals surface area (Å²) in [6.07, 6.45) is 2.85. The average molecular weight is 357 g/mol. The van der Waals surface area contributed by atoms with E-state index in [1.54, 1.807) is 31.2 Å². The zero-order valence-corrected chi connectivity index (χ0v) is 14.9. The highest BCUT2D eigenvalue weighted by molar-refractivity contribution is 6.11. The first-order valence-electron chi connectivity index (χ1n) is 8.66. The summed E-state index contributed by atoms with van der Waals surface area (Å²) >= 11 is 0. The van der Waals surface area contributed by atoms with Crippen LogP contribution in [0.4, 0.5) is 5.69 Å². The molecule has 0 radical (unpaired) electrons. The van der Waals surface area contributed by atoms with Gasteiger partial charge in [0, 0.05) is 16.7 Å². The lowest BCUT2D eigenvalue weighted by Crippen LogP contribution is -2.54. The number of allylic oxidation sites excluding steroid dienone is 1. The maximum atomic E-state index is 13.2. The molecule has 7 nitrogen and oxygen atoms in total. The van der Waals surface area contributed by atoms with Gasteiger partial charge in [-0.15, -0.1) is 0 Å². The molecule has 1 spiro atoms. The van der Waals surface area contributed by atoms with Crippen molar-refractivity contribution >= 4 is 23.4 Å². The molecule has 1 fully saturated rings. The first-order valence-corrected chi connectivity index (χ1v) is 8.66. The molecule has 7 heteroatoms. The highest BCUT2D eigenvalue weighted by Gasteiger charge is 2.55. The van der Waals surface area contributed by atoms with Gasteiger partial charge in [0.2, 0.25) is 11.8 Å². The van der Waals surface area contributed by atoms with Crippen LogP contribution in [-0.2, 0) is 14.4 Å². The van der Waals surface area contributed by atoms with Gasteiger partial charge in [-0.05, 0) is 31.9 Å². The molecule has 1 unspecified atom stereocenters. The van der Waals surface area contributed by atoms with Crippen LogP contribution in [0.15, 0.2) is 35.5 Å². The fourth-order valence-electron chi connectivity index (χ4n) is 4.36. The molecule has 0 saturated heterocycles. The van der Waals surface area contributed by atoms with Gasteiger partial charge in [0.15, 0.2) is 0 Å². The molecule has 1 atom stereocenters. The topological polar surface area (TPSA) is 111 Å². The molecule has 1 heterocycles. The number of carbonyl (C=O) groups excluding carboxylic acids is 3. The minimum Gasteiger partial charge on any atom is -0.495 e. The van der Waals surface area contributed by atoms with Crippen molar-refractivity contribution in [2.75, 3.05) is 12.4 Å². The molecule has 1 aliphatic heterocycles. The number of nitrogens with two attached hydrogens (primary N) is 1. The van der Waals surface area contributed by atoms with Gasteiger partial charge in [0.05, 0.1) is 12.8 Å². The first-order chi connectivity index (χ1) is 12.4. The number of amides is 3. The van der Waals surface area contributed by atoms with Gasteiger partial charge in [-0.1, -0.05) is 25.0 Å². The van der Waals surface area contributed by atoms with Crippen LogP contribution in [0, 0.1) is 11.3 Å². The largest absolute Gasteiger partial charge is 0.495 e. The predicted octanol–water partition coefficient (Wildman–Crippen LogP) is 1.70. The monoisotopic (exact) mass is 357 g/mol. The van der Waals surface area contributed by atoms with E-state index >= 15 is 0 Å². The van der Waals surface area contributed by atoms with E-state index in [4.69, 9.17) is 10.5 Å². The summed E-state index contributed by atoms with van der Waals surface area (Å²) < 4.78 is 5.28. The van der Waals surface area contributed by atoms with Crippen molar-refractivity contribution in [2.24, 2.45) is 17.1 Å². The maximum absolute atomic E-state index is 13.2. The molecule has 2 aliphatic rings. The summed E-state index contributed by atoms with van der Waals surface area (Å²) in [5, 5.41) is 5.52. The average Bonchev–Trinajstić information content (AvgIpc) is 3.03. The van der Waals surface area contributed by atoms with E-state index in [1.807, 2.05) is 0 Å². The molecule has 138 valence electrons. The Morgan fingerprint density at radius 2 is 1.92 bits per heavy atom. The van der Waals surface area contributed by atoms with E-state index in [9.17, 15) is 14.4 Å². The van der Waals surface area contributed by atoms with Gasteiger partial charge in [-0.25, -0.2) is 0 Å². The van der Waals surface area contributed by atoms with Gasteiger partial charge < -0.3 is 21.1 Å². The number of primary amides is 1. The second-order valence-electron chi connectivity index (χ2n) is 6.84. The third-order valence-electron chi connectivity index (χ3n) is 5.36. The van der Waals surface area contributed by atoms with Crippen molar-refractivity contribution < 1.29 is 19.1 Å². The minimum atomic E-state index is -1.04. The summed E-state index contributed by atoms with van der Waals surface area (Å²) in [4.78, 5) is 37.6. The van der Waals surface area contributed by atoms with Crippen molar-refractivity contribution in [2.45, 2.75) is 32.6 Å². The van der Waals surface area contributed by atoms with E-state index in [-0.39, 0.29) is 5.91 Å². The number of ether oxygens (including phenoxy) is 1. The molecule has 0 bridgehead atoms. The molecule has 1 aromatic carbocycles. The number of hydrogen-bond acceptors (Lipinski definition) is 4. The summed E-state index contributed by atoms with van der Waals surface area (Å²) in [5.74, 6) is -1.97. The number of rotatable bonds is 4. The molecular formula is C19H23N3O4. The third-order valence-corrected chi connectivity index (χ3v) is 5.36. The lowest BCUT2D eigenvalue weighted by atomic mass is 9.65. The Balaban J connectivity index is 2.03. The fourth-order valence-corrected chi connectivity index (χ4v) is 4.36. The Kier molecular flexibility index (Phi) is 4.71. The highest BCUT2D eigenvalue weighted by Crippen LogP contribution is 2.52. The van der Waals surface area contributed by atoms with Crippen LogP contribution in [-0.4, -0.2) is 24.8 Å². The Labute approximate surface area is 152 Å². The zero-order valence-electron chi connectivity index (χ0n) is 14.9. The number of hydrogen-bond donors (Lipinski definition) is 3. The predicted molar refractivity (Wildman–Crippen MR) is 96.1 cm³/mol. The molecule has 1 aliphatic carbocycles. The maximum Gasteiger partial charge on any atom is 0.254 e. The lowest BCUT2D eigenvalue weighted by Gasteiger charge is -2.41. The first kappa shape index (κ1) is 18.0. The Hall–Kier alpha value is -2.83. The summed E-state index contributed by atoms with van der Waals surface area (Å²) in [5.41, 5.74) is 6.14. The van der Waals surface area contributed by atoms with E-state index in [1.165, 1.54) is 7.11 Å². The van der Waals surface area contributed by atoms with Gasteiger partial charge >= 0.3 is 0 Å². The molecule has 3 rings (SSSR count). The van der Waals surface area contributed by atoms with Crippen LogP contribution in [0.1, 0.15) is 32.6 Å². The van der Waals surface area contributed by atoms with Gasteiger partial charge in [-0.3, -0.25) is 14.4 Å². The lowest BCUT2D eigenvalue weighted by molar-refractivity contribution is -0.139. The highest BCUT2D eigenvalue weighted by atomic mass is 16.5. The molecular weight excluding hydrogens is 334 g/mol. The SMILES string of the molecule is COc1ccccc1NC(=O)C1=C(C)NC(=O)C(C(N)=O)C12CCCC2. The van der Waals surface area contributed by atoms with E-state index in [0.29, 0.717) is 35.5 Å². The third kappa shape index (κ3) is 2.83. The van der Waals surface area contributed by atoms with Crippen molar-refractivity contribution in [1.29, 1.82) is 0 Å². The number of para-hydroxylation sites is 2. The fraction of sp³-hybridized carbons (Fsp3) is 0.421. The molecule has 4 N–H and O–H groups in total. The molecule has 1 saturated carbocycles.